The van der Waals surface area contributed by atoms with Crippen molar-refractivity contribution in [3.05, 3.63) is 57.5 Å². The third-order valence-electron chi connectivity index (χ3n) is 6.46. The summed E-state index contributed by atoms with van der Waals surface area (Å²) in [7, 11) is 3.04. The first-order valence-electron chi connectivity index (χ1n) is 12.2. The maximum atomic E-state index is 13.5. The molecule has 1 aliphatic carbocycles. The Labute approximate surface area is 211 Å². The molecule has 0 saturated heterocycles. The number of nitrogens with zero attached hydrogens (tertiary/aromatic N) is 2. The summed E-state index contributed by atoms with van der Waals surface area (Å²) in [5, 5.41) is 12.5. The van der Waals surface area contributed by atoms with Gasteiger partial charge in [0.15, 0.2) is 12.4 Å². The van der Waals surface area contributed by atoms with E-state index < -0.39 is 11.3 Å². The summed E-state index contributed by atoms with van der Waals surface area (Å²) in [6, 6.07) is 7.99. The monoisotopic (exact) mass is 495 g/mol. The normalized spacial score (nSPS) is 17.2. The number of nitriles is 1. The van der Waals surface area contributed by atoms with Crippen LogP contribution < -0.4 is 20.3 Å². The van der Waals surface area contributed by atoms with Crippen molar-refractivity contribution in [1.82, 2.24) is 9.88 Å². The van der Waals surface area contributed by atoms with E-state index in [0.29, 0.717) is 31.2 Å². The van der Waals surface area contributed by atoms with Crippen molar-refractivity contribution in [3.8, 4) is 17.6 Å². The summed E-state index contributed by atoms with van der Waals surface area (Å²) in [6.07, 6.45) is 6.27. The minimum atomic E-state index is -0.471. The van der Waals surface area contributed by atoms with Gasteiger partial charge in [-0.3, -0.25) is 14.4 Å². The number of pyridine rings is 1. The van der Waals surface area contributed by atoms with E-state index in [0.717, 1.165) is 19.3 Å². The Balaban J connectivity index is 1.84. The molecule has 36 heavy (non-hydrogen) atoms. The van der Waals surface area contributed by atoms with Crippen LogP contribution in [0.5, 0.6) is 11.5 Å². The number of aromatic nitrogens is 1. The zero-order chi connectivity index (χ0) is 26.1. The number of carbonyl (C=O) groups excluding carboxylic acids is 2. The number of ether oxygens (including phenoxy) is 3. The first-order chi connectivity index (χ1) is 17.4. The molecular weight excluding hydrogens is 462 g/mol. The number of aryl methyl sites for hydroxylation is 1. The van der Waals surface area contributed by atoms with Crippen LogP contribution in [0.15, 0.2) is 35.3 Å². The minimum absolute atomic E-state index is 0.121. The van der Waals surface area contributed by atoms with Gasteiger partial charge in [0, 0.05) is 38.1 Å². The highest BCUT2D eigenvalue weighted by Crippen LogP contribution is 2.27. The Bertz CT molecular complexity index is 1180. The van der Waals surface area contributed by atoms with E-state index in [-0.39, 0.29) is 41.0 Å². The fraction of sp³-hybridized carbons (Fsp3) is 0.481. The lowest BCUT2D eigenvalue weighted by Gasteiger charge is -2.29. The van der Waals surface area contributed by atoms with Crippen LogP contribution in [-0.2, 0) is 16.1 Å². The molecular formula is C27H33N3O6. The van der Waals surface area contributed by atoms with Crippen LogP contribution in [0.2, 0.25) is 0 Å². The van der Waals surface area contributed by atoms with E-state index in [2.05, 4.69) is 12.2 Å². The van der Waals surface area contributed by atoms with Gasteiger partial charge in [-0.1, -0.05) is 19.8 Å². The summed E-state index contributed by atoms with van der Waals surface area (Å²) < 4.78 is 17.4. The highest BCUT2D eigenvalue weighted by Gasteiger charge is 2.24. The van der Waals surface area contributed by atoms with E-state index in [9.17, 15) is 19.6 Å². The Hall–Kier alpha value is -3.64. The fourth-order valence-corrected chi connectivity index (χ4v) is 4.40. The number of hydrogen-bond donors (Lipinski definition) is 1. The van der Waals surface area contributed by atoms with Crippen LogP contribution >= 0.6 is 0 Å². The lowest BCUT2D eigenvalue weighted by Crippen LogP contribution is -2.43. The fourth-order valence-electron chi connectivity index (χ4n) is 4.40. The zero-order valence-electron chi connectivity index (χ0n) is 21.0. The highest BCUT2D eigenvalue weighted by molar-refractivity contribution is 6.11. The first kappa shape index (κ1) is 27.0. The number of amides is 1. The molecule has 1 fully saturated rings. The Morgan fingerprint density at radius 3 is 2.67 bits per heavy atom. The minimum Gasteiger partial charge on any atom is -0.497 e. The summed E-state index contributed by atoms with van der Waals surface area (Å²) >= 11 is 0. The lowest BCUT2D eigenvalue weighted by atomic mass is 9.86. The van der Waals surface area contributed by atoms with Crippen LogP contribution in [0.1, 0.15) is 60.5 Å². The van der Waals surface area contributed by atoms with Gasteiger partial charge in [0.05, 0.1) is 12.7 Å². The molecule has 0 spiro atoms. The quantitative estimate of drug-likeness (QED) is 0.376. The standard InChI is InChI=1S/C27H33N3O6/c1-18-7-4-5-8-23(18)29-25(31)17-36-24-10-9-21(35-3)14-22(24)26(32)20-13-19(15-28)27(33)30(16-20)11-6-12-34-2/h9-10,13-14,16,18,23H,4-8,11-12,17H2,1-3H3,(H,29,31). The van der Waals surface area contributed by atoms with Gasteiger partial charge < -0.3 is 24.1 Å². The maximum Gasteiger partial charge on any atom is 0.268 e. The van der Waals surface area contributed by atoms with E-state index in [1.807, 2.05) is 6.07 Å². The zero-order valence-corrected chi connectivity index (χ0v) is 21.0. The third-order valence-corrected chi connectivity index (χ3v) is 6.46. The van der Waals surface area contributed by atoms with Crippen LogP contribution in [0.25, 0.3) is 0 Å². The van der Waals surface area contributed by atoms with Crippen molar-refractivity contribution in [2.45, 2.75) is 51.6 Å². The number of methoxy groups -OCH3 is 2. The highest BCUT2D eigenvalue weighted by atomic mass is 16.5. The average Bonchev–Trinajstić information content (AvgIpc) is 2.89. The number of carbonyl (C=O) groups is 2. The molecule has 0 bridgehead atoms. The predicted octanol–water partition coefficient (Wildman–Crippen LogP) is 3.07. The second kappa shape index (κ2) is 12.9. The van der Waals surface area contributed by atoms with Gasteiger partial charge in [-0.2, -0.15) is 5.26 Å². The average molecular weight is 496 g/mol. The second-order valence-corrected chi connectivity index (χ2v) is 9.01. The van der Waals surface area contributed by atoms with Gasteiger partial charge in [-0.25, -0.2) is 0 Å². The third kappa shape index (κ3) is 6.73. The molecule has 1 N–H and O–H groups in total. The molecule has 3 rings (SSSR count). The van der Waals surface area contributed by atoms with Crippen molar-refractivity contribution < 1.29 is 23.8 Å². The van der Waals surface area contributed by atoms with E-state index in [1.54, 1.807) is 19.2 Å². The molecule has 1 heterocycles. The summed E-state index contributed by atoms with van der Waals surface area (Å²) in [4.78, 5) is 38.6. The number of nitrogens with one attached hydrogen (secondary N) is 1. The lowest BCUT2D eigenvalue weighted by molar-refractivity contribution is -0.124. The number of hydrogen-bond acceptors (Lipinski definition) is 7. The molecule has 192 valence electrons. The largest absolute Gasteiger partial charge is 0.497 e. The predicted molar refractivity (Wildman–Crippen MR) is 133 cm³/mol. The Morgan fingerprint density at radius 1 is 1.19 bits per heavy atom. The van der Waals surface area contributed by atoms with Crippen molar-refractivity contribution >= 4 is 11.7 Å². The molecule has 0 radical (unpaired) electrons. The molecule has 1 aromatic heterocycles. The molecule has 1 aromatic carbocycles. The van der Waals surface area contributed by atoms with Crippen molar-refractivity contribution in [2.75, 3.05) is 27.4 Å². The topological polar surface area (TPSA) is 120 Å². The molecule has 1 aliphatic rings. The van der Waals surface area contributed by atoms with Crippen LogP contribution in [0.3, 0.4) is 0 Å². The van der Waals surface area contributed by atoms with E-state index in [1.165, 1.54) is 36.4 Å². The molecule has 2 atom stereocenters. The van der Waals surface area contributed by atoms with Crippen molar-refractivity contribution in [3.63, 3.8) is 0 Å². The molecule has 1 amide bonds. The van der Waals surface area contributed by atoms with Gasteiger partial charge in [0.25, 0.3) is 11.5 Å². The van der Waals surface area contributed by atoms with Crippen LogP contribution in [0.4, 0.5) is 0 Å². The van der Waals surface area contributed by atoms with Gasteiger partial charge in [-0.05, 0) is 49.4 Å². The number of benzene rings is 1. The van der Waals surface area contributed by atoms with Crippen LogP contribution in [-0.4, -0.2) is 49.7 Å². The Kier molecular flexibility index (Phi) is 9.65. The molecule has 2 unspecified atom stereocenters. The van der Waals surface area contributed by atoms with Crippen LogP contribution in [0, 0.1) is 17.2 Å². The van der Waals surface area contributed by atoms with Gasteiger partial charge in [0.1, 0.15) is 23.1 Å². The summed E-state index contributed by atoms with van der Waals surface area (Å²) in [5.41, 5.74) is -0.285. The molecule has 9 heteroatoms. The van der Waals surface area contributed by atoms with Gasteiger partial charge >= 0.3 is 0 Å². The maximum absolute atomic E-state index is 13.5. The number of ketones is 1. The molecule has 1 saturated carbocycles. The SMILES string of the molecule is COCCCn1cc(C(=O)c2cc(OC)ccc2OCC(=O)NC2CCCCC2C)cc(C#N)c1=O. The van der Waals surface area contributed by atoms with E-state index >= 15 is 0 Å². The van der Waals surface area contributed by atoms with E-state index in [4.69, 9.17) is 14.2 Å². The first-order valence-corrected chi connectivity index (χ1v) is 12.2. The molecule has 9 nitrogen and oxygen atoms in total. The van der Waals surface area contributed by atoms with Crippen molar-refractivity contribution in [2.24, 2.45) is 5.92 Å². The second-order valence-electron chi connectivity index (χ2n) is 9.01. The molecule has 2 aromatic rings. The Morgan fingerprint density at radius 2 is 1.97 bits per heavy atom. The van der Waals surface area contributed by atoms with Gasteiger partial charge in [-0.15, -0.1) is 0 Å². The summed E-state index contributed by atoms with van der Waals surface area (Å²) in [6.45, 7) is 2.62. The molecule has 0 aliphatic heterocycles. The van der Waals surface area contributed by atoms with Crippen molar-refractivity contribution in [1.29, 1.82) is 5.26 Å². The smallest absolute Gasteiger partial charge is 0.268 e. The summed E-state index contributed by atoms with van der Waals surface area (Å²) in [5.74, 6) is 0.349. The van der Waals surface area contributed by atoms with Gasteiger partial charge in [0.2, 0.25) is 0 Å². The number of rotatable bonds is 11.